The SMILES string of the molecule is Cc1ccc(NC(=O)c2cccc(N3CCCCC3)c2)cc1NC(=O)c1cccc(OC2CCN(C(=O)OC(C)(C)C)CC2)c1. The molecule has 2 heterocycles. The van der Waals surface area contributed by atoms with Gasteiger partial charge in [0, 0.05) is 67.2 Å². The molecule has 5 rings (SSSR count). The van der Waals surface area contributed by atoms with E-state index in [0.29, 0.717) is 54.2 Å². The van der Waals surface area contributed by atoms with E-state index in [9.17, 15) is 14.4 Å². The Balaban J connectivity index is 1.18. The van der Waals surface area contributed by atoms with Crippen LogP contribution in [0.5, 0.6) is 5.75 Å². The van der Waals surface area contributed by atoms with Crippen molar-refractivity contribution in [1.29, 1.82) is 0 Å². The molecule has 9 heteroatoms. The molecule has 45 heavy (non-hydrogen) atoms. The summed E-state index contributed by atoms with van der Waals surface area (Å²) in [5.41, 5.74) is 3.67. The summed E-state index contributed by atoms with van der Waals surface area (Å²) < 4.78 is 11.7. The summed E-state index contributed by atoms with van der Waals surface area (Å²) in [5, 5.41) is 5.97. The van der Waals surface area contributed by atoms with Crippen molar-refractivity contribution >= 4 is 35.0 Å². The largest absolute Gasteiger partial charge is 0.490 e. The molecule has 3 aromatic carbocycles. The third-order valence-corrected chi connectivity index (χ3v) is 8.07. The van der Waals surface area contributed by atoms with Gasteiger partial charge in [-0.3, -0.25) is 9.59 Å². The van der Waals surface area contributed by atoms with E-state index < -0.39 is 5.60 Å². The van der Waals surface area contributed by atoms with Crippen LogP contribution in [0.1, 0.15) is 79.2 Å². The molecule has 0 spiro atoms. The number of nitrogens with zero attached hydrogens (tertiary/aromatic N) is 2. The average Bonchev–Trinajstić information content (AvgIpc) is 3.03. The van der Waals surface area contributed by atoms with Gasteiger partial charge in [0.05, 0.1) is 0 Å². The highest BCUT2D eigenvalue weighted by molar-refractivity contribution is 6.07. The summed E-state index contributed by atoms with van der Waals surface area (Å²) in [7, 11) is 0. The second-order valence-corrected chi connectivity index (χ2v) is 12.8. The maximum absolute atomic E-state index is 13.3. The van der Waals surface area contributed by atoms with E-state index in [0.717, 1.165) is 24.3 Å². The lowest BCUT2D eigenvalue weighted by Crippen LogP contribution is -2.44. The first-order chi connectivity index (χ1) is 21.5. The molecule has 2 aliphatic rings. The third-order valence-electron chi connectivity index (χ3n) is 8.07. The van der Waals surface area contributed by atoms with Gasteiger partial charge in [-0.1, -0.05) is 18.2 Å². The Morgan fingerprint density at radius 3 is 2.16 bits per heavy atom. The number of hydrogen-bond donors (Lipinski definition) is 2. The number of aryl methyl sites for hydroxylation is 1. The van der Waals surface area contributed by atoms with Crippen molar-refractivity contribution in [2.24, 2.45) is 0 Å². The van der Waals surface area contributed by atoms with Crippen molar-refractivity contribution in [3.05, 3.63) is 83.4 Å². The molecule has 0 radical (unpaired) electrons. The minimum Gasteiger partial charge on any atom is -0.490 e. The number of nitrogens with one attached hydrogen (secondary N) is 2. The lowest BCUT2D eigenvalue weighted by atomic mass is 10.1. The number of anilines is 3. The number of rotatable bonds is 7. The van der Waals surface area contributed by atoms with Gasteiger partial charge in [0.2, 0.25) is 0 Å². The quantitative estimate of drug-likeness (QED) is 0.291. The number of ether oxygens (including phenoxy) is 2. The third kappa shape index (κ3) is 8.77. The molecule has 2 aliphatic heterocycles. The number of carbonyl (C=O) groups excluding carboxylic acids is 3. The van der Waals surface area contributed by atoms with Gasteiger partial charge >= 0.3 is 6.09 Å². The van der Waals surface area contributed by atoms with Crippen molar-refractivity contribution in [3.63, 3.8) is 0 Å². The Kier molecular flexibility index (Phi) is 9.96. The van der Waals surface area contributed by atoms with Gasteiger partial charge in [-0.25, -0.2) is 4.79 Å². The minimum atomic E-state index is -0.529. The molecule has 0 atom stereocenters. The van der Waals surface area contributed by atoms with Gasteiger partial charge in [-0.2, -0.15) is 0 Å². The highest BCUT2D eigenvalue weighted by Crippen LogP contribution is 2.26. The predicted octanol–water partition coefficient (Wildman–Crippen LogP) is 7.27. The minimum absolute atomic E-state index is 0.0647. The van der Waals surface area contributed by atoms with Crippen LogP contribution in [0.4, 0.5) is 21.9 Å². The Bertz CT molecular complexity index is 1520. The monoisotopic (exact) mass is 612 g/mol. The molecule has 238 valence electrons. The zero-order valence-corrected chi connectivity index (χ0v) is 26.7. The Morgan fingerprint density at radius 1 is 0.778 bits per heavy atom. The van der Waals surface area contributed by atoms with Crippen molar-refractivity contribution in [3.8, 4) is 5.75 Å². The molecular formula is C36H44N4O5. The number of amides is 3. The topological polar surface area (TPSA) is 100 Å². The van der Waals surface area contributed by atoms with Crippen LogP contribution in [0.2, 0.25) is 0 Å². The molecule has 9 nitrogen and oxygen atoms in total. The van der Waals surface area contributed by atoms with Gasteiger partial charge in [-0.05, 0) is 101 Å². The van der Waals surface area contributed by atoms with Crippen LogP contribution >= 0.6 is 0 Å². The molecular weight excluding hydrogens is 568 g/mol. The van der Waals surface area contributed by atoms with E-state index in [2.05, 4.69) is 21.6 Å². The number of carbonyl (C=O) groups is 3. The summed E-state index contributed by atoms with van der Waals surface area (Å²) in [4.78, 5) is 42.8. The molecule has 2 saturated heterocycles. The molecule has 0 saturated carbocycles. The molecule has 0 unspecified atom stereocenters. The van der Waals surface area contributed by atoms with E-state index in [1.807, 2.05) is 64.1 Å². The van der Waals surface area contributed by atoms with Crippen LogP contribution in [0.15, 0.2) is 66.7 Å². The van der Waals surface area contributed by atoms with Gasteiger partial charge in [0.1, 0.15) is 17.5 Å². The average molecular weight is 613 g/mol. The Labute approximate surface area is 265 Å². The predicted molar refractivity (Wildman–Crippen MR) is 177 cm³/mol. The number of piperidine rings is 2. The van der Waals surface area contributed by atoms with Crippen LogP contribution in [-0.2, 0) is 4.74 Å². The standard InChI is InChI=1S/C36H44N4O5/c1-25-14-15-28(37-33(41)26-10-8-12-29(22-26)39-18-6-5-7-19-39)24-32(25)38-34(42)27-11-9-13-31(23-27)44-30-16-20-40(21-17-30)35(43)45-36(2,3)4/h8-15,22-24,30H,5-7,16-21H2,1-4H3,(H,37,41)(H,38,42). The van der Waals surface area contributed by atoms with Crippen LogP contribution in [0.3, 0.4) is 0 Å². The van der Waals surface area contributed by atoms with Gasteiger partial charge in [0.15, 0.2) is 0 Å². The maximum Gasteiger partial charge on any atom is 0.410 e. The fourth-order valence-corrected chi connectivity index (χ4v) is 5.61. The fourth-order valence-electron chi connectivity index (χ4n) is 5.61. The van der Waals surface area contributed by atoms with Crippen molar-refractivity contribution in [1.82, 2.24) is 4.90 Å². The van der Waals surface area contributed by atoms with E-state index in [-0.39, 0.29) is 24.0 Å². The first-order valence-electron chi connectivity index (χ1n) is 15.9. The van der Waals surface area contributed by atoms with Crippen LogP contribution < -0.4 is 20.3 Å². The van der Waals surface area contributed by atoms with Gasteiger partial charge in [0.25, 0.3) is 11.8 Å². The Hall–Kier alpha value is -4.53. The molecule has 3 aromatic rings. The number of hydrogen-bond acceptors (Lipinski definition) is 6. The smallest absolute Gasteiger partial charge is 0.410 e. The Morgan fingerprint density at radius 2 is 1.44 bits per heavy atom. The molecule has 0 bridgehead atoms. The van der Waals surface area contributed by atoms with E-state index in [4.69, 9.17) is 9.47 Å². The molecule has 3 amide bonds. The maximum atomic E-state index is 13.3. The lowest BCUT2D eigenvalue weighted by molar-refractivity contribution is 0.0126. The van der Waals surface area contributed by atoms with Gasteiger partial charge < -0.3 is 29.9 Å². The zero-order chi connectivity index (χ0) is 32.0. The molecule has 2 fully saturated rings. The van der Waals surface area contributed by atoms with Crippen molar-refractivity contribution in [2.75, 3.05) is 41.7 Å². The zero-order valence-electron chi connectivity index (χ0n) is 26.7. The number of likely N-dealkylation sites (tertiary alicyclic amines) is 1. The molecule has 0 aliphatic carbocycles. The van der Waals surface area contributed by atoms with Crippen LogP contribution in [-0.4, -0.2) is 60.7 Å². The first-order valence-corrected chi connectivity index (χ1v) is 15.9. The number of benzene rings is 3. The van der Waals surface area contributed by atoms with Crippen LogP contribution in [0.25, 0.3) is 0 Å². The van der Waals surface area contributed by atoms with E-state index >= 15 is 0 Å². The summed E-state index contributed by atoms with van der Waals surface area (Å²) >= 11 is 0. The lowest BCUT2D eigenvalue weighted by Gasteiger charge is -2.33. The summed E-state index contributed by atoms with van der Waals surface area (Å²) in [6, 6.07) is 20.3. The first kappa shape index (κ1) is 31.9. The fraction of sp³-hybridized carbons (Fsp3) is 0.417. The van der Waals surface area contributed by atoms with E-state index in [1.165, 1.54) is 19.3 Å². The van der Waals surface area contributed by atoms with Crippen molar-refractivity contribution < 1.29 is 23.9 Å². The van der Waals surface area contributed by atoms with Crippen LogP contribution in [0, 0.1) is 6.92 Å². The normalized spacial score (nSPS) is 15.7. The highest BCUT2D eigenvalue weighted by atomic mass is 16.6. The highest BCUT2D eigenvalue weighted by Gasteiger charge is 2.28. The summed E-state index contributed by atoms with van der Waals surface area (Å²) in [6.45, 7) is 10.6. The summed E-state index contributed by atoms with van der Waals surface area (Å²) in [5.74, 6) is 0.126. The van der Waals surface area contributed by atoms with Gasteiger partial charge in [-0.15, -0.1) is 0 Å². The van der Waals surface area contributed by atoms with Crippen molar-refractivity contribution in [2.45, 2.75) is 71.5 Å². The second kappa shape index (κ2) is 14.1. The summed E-state index contributed by atoms with van der Waals surface area (Å²) in [6.07, 6.45) is 4.57. The molecule has 2 N–H and O–H groups in total. The molecule has 0 aromatic heterocycles. The van der Waals surface area contributed by atoms with E-state index in [1.54, 1.807) is 29.2 Å². The second-order valence-electron chi connectivity index (χ2n) is 12.8.